The molecule has 2 aliphatic rings. The van der Waals surface area contributed by atoms with Gasteiger partial charge in [-0.25, -0.2) is 14.6 Å². The van der Waals surface area contributed by atoms with Gasteiger partial charge in [0.05, 0.1) is 11.9 Å². The number of aromatic nitrogens is 1. The summed E-state index contributed by atoms with van der Waals surface area (Å²) in [5.41, 5.74) is 0.146. The van der Waals surface area contributed by atoms with Crippen LogP contribution in [-0.2, 0) is 9.53 Å². The first-order chi connectivity index (χ1) is 12.7. The molecule has 0 aliphatic carbocycles. The molecule has 27 heavy (non-hydrogen) atoms. The Hall–Kier alpha value is -2.84. The molecule has 4 amide bonds. The minimum Gasteiger partial charge on any atom is -0.444 e. The number of piperazine rings is 1. The van der Waals surface area contributed by atoms with Crippen molar-refractivity contribution in [3.05, 3.63) is 18.3 Å². The highest BCUT2D eigenvalue weighted by atomic mass is 16.6. The summed E-state index contributed by atoms with van der Waals surface area (Å²) in [7, 11) is 0. The molecular formula is C18H25N5O4. The fourth-order valence-corrected chi connectivity index (χ4v) is 2.98. The van der Waals surface area contributed by atoms with Crippen molar-refractivity contribution in [1.29, 1.82) is 0 Å². The number of carbonyl (C=O) groups excluding carboxylic acids is 3. The molecule has 0 saturated carbocycles. The summed E-state index contributed by atoms with van der Waals surface area (Å²) >= 11 is 0. The highest BCUT2D eigenvalue weighted by molar-refractivity contribution is 6.05. The van der Waals surface area contributed by atoms with Crippen LogP contribution in [-0.4, -0.2) is 66.2 Å². The van der Waals surface area contributed by atoms with Crippen LogP contribution < -0.4 is 15.1 Å². The predicted octanol–water partition coefficient (Wildman–Crippen LogP) is 1.59. The summed E-state index contributed by atoms with van der Waals surface area (Å²) in [4.78, 5) is 45.0. The van der Waals surface area contributed by atoms with E-state index < -0.39 is 11.6 Å². The van der Waals surface area contributed by atoms with Crippen molar-refractivity contribution >= 4 is 29.5 Å². The van der Waals surface area contributed by atoms with Crippen molar-refractivity contribution in [2.75, 3.05) is 42.5 Å². The minimum absolute atomic E-state index is 0.260. The summed E-state index contributed by atoms with van der Waals surface area (Å²) in [5, 5.41) is 2.30. The van der Waals surface area contributed by atoms with Gasteiger partial charge in [0.15, 0.2) is 0 Å². The summed E-state index contributed by atoms with van der Waals surface area (Å²) in [5.74, 6) is 0.528. The van der Waals surface area contributed by atoms with E-state index >= 15 is 0 Å². The summed E-state index contributed by atoms with van der Waals surface area (Å²) < 4.78 is 5.40. The van der Waals surface area contributed by atoms with Gasteiger partial charge in [-0.05, 0) is 32.9 Å². The second-order valence-electron chi connectivity index (χ2n) is 7.58. The summed E-state index contributed by atoms with van der Waals surface area (Å²) in [6.45, 7) is 8.35. The van der Waals surface area contributed by atoms with Gasteiger partial charge in [0.2, 0.25) is 5.91 Å². The van der Waals surface area contributed by atoms with Gasteiger partial charge in [-0.2, -0.15) is 0 Å². The number of nitrogens with one attached hydrogen (secondary N) is 1. The fraction of sp³-hybridized carbons (Fsp3) is 0.556. The molecule has 0 unspecified atom stereocenters. The molecule has 0 aromatic carbocycles. The van der Waals surface area contributed by atoms with Crippen LogP contribution in [0.25, 0.3) is 0 Å². The van der Waals surface area contributed by atoms with E-state index in [2.05, 4.69) is 15.2 Å². The van der Waals surface area contributed by atoms with Crippen LogP contribution in [0.15, 0.2) is 18.3 Å². The molecule has 2 saturated heterocycles. The molecule has 2 aliphatic heterocycles. The number of imide groups is 1. The highest BCUT2D eigenvalue weighted by Gasteiger charge is 2.27. The molecule has 9 heteroatoms. The Morgan fingerprint density at radius 3 is 2.37 bits per heavy atom. The summed E-state index contributed by atoms with van der Waals surface area (Å²) in [6, 6.07) is 3.24. The zero-order valence-corrected chi connectivity index (χ0v) is 15.9. The highest BCUT2D eigenvalue weighted by Crippen LogP contribution is 2.21. The van der Waals surface area contributed by atoms with Crippen molar-refractivity contribution in [2.45, 2.75) is 32.8 Å². The number of nitrogens with zero attached hydrogens (tertiary/aromatic N) is 4. The Bertz CT molecular complexity index is 720. The molecule has 0 spiro atoms. The molecule has 9 nitrogen and oxygen atoms in total. The minimum atomic E-state index is -0.503. The molecule has 3 rings (SSSR count). The molecule has 146 valence electrons. The molecule has 0 radical (unpaired) electrons. The molecule has 1 aromatic heterocycles. The second kappa shape index (κ2) is 7.42. The third-order valence-corrected chi connectivity index (χ3v) is 4.35. The molecule has 2 fully saturated rings. The molecule has 1 N–H and O–H groups in total. The average molecular weight is 375 g/mol. The number of urea groups is 1. The van der Waals surface area contributed by atoms with Gasteiger partial charge in [0.25, 0.3) is 0 Å². The standard InChI is InChI=1S/C18H25N5O4/c1-18(2,3)27-17(26)22-10-8-21(9-11-22)14-5-4-13(12-19-14)23-7-6-15(24)20-16(23)25/h4-5,12H,6-11H2,1-3H3,(H,20,24,25). The monoisotopic (exact) mass is 375 g/mol. The van der Waals surface area contributed by atoms with Gasteiger partial charge in [0, 0.05) is 39.1 Å². The number of anilines is 2. The maximum Gasteiger partial charge on any atom is 0.410 e. The van der Waals surface area contributed by atoms with Crippen LogP contribution in [0, 0.1) is 0 Å². The van der Waals surface area contributed by atoms with Gasteiger partial charge < -0.3 is 14.5 Å². The molecule has 0 bridgehead atoms. The zero-order chi connectivity index (χ0) is 19.6. The first kappa shape index (κ1) is 18.9. The first-order valence-electron chi connectivity index (χ1n) is 9.03. The largest absolute Gasteiger partial charge is 0.444 e. The zero-order valence-electron chi connectivity index (χ0n) is 15.9. The van der Waals surface area contributed by atoms with Gasteiger partial charge in [-0.3, -0.25) is 15.0 Å². The molecule has 3 heterocycles. The Kier molecular flexibility index (Phi) is 5.20. The average Bonchev–Trinajstić information content (AvgIpc) is 2.61. The van der Waals surface area contributed by atoms with Crippen LogP contribution in [0.1, 0.15) is 27.2 Å². The number of hydrogen-bond acceptors (Lipinski definition) is 6. The predicted molar refractivity (Wildman–Crippen MR) is 99.8 cm³/mol. The van der Waals surface area contributed by atoms with Crippen molar-refractivity contribution < 1.29 is 19.1 Å². The Balaban J connectivity index is 1.57. The Labute approximate surface area is 158 Å². The third kappa shape index (κ3) is 4.66. The fourth-order valence-electron chi connectivity index (χ4n) is 2.98. The number of rotatable bonds is 2. The maximum absolute atomic E-state index is 12.1. The lowest BCUT2D eigenvalue weighted by molar-refractivity contribution is -0.120. The van der Waals surface area contributed by atoms with E-state index in [-0.39, 0.29) is 18.4 Å². The van der Waals surface area contributed by atoms with Crippen LogP contribution in [0.2, 0.25) is 0 Å². The van der Waals surface area contributed by atoms with E-state index in [0.717, 1.165) is 5.82 Å². The topological polar surface area (TPSA) is 95.1 Å². The van der Waals surface area contributed by atoms with Crippen molar-refractivity contribution in [3.63, 3.8) is 0 Å². The number of hydrogen-bond donors (Lipinski definition) is 1. The van der Waals surface area contributed by atoms with Gasteiger partial charge in [-0.15, -0.1) is 0 Å². The second-order valence-corrected chi connectivity index (χ2v) is 7.58. The van der Waals surface area contributed by atoms with Gasteiger partial charge in [0.1, 0.15) is 11.4 Å². The van der Waals surface area contributed by atoms with Crippen molar-refractivity contribution in [2.24, 2.45) is 0 Å². The van der Waals surface area contributed by atoms with E-state index in [4.69, 9.17) is 4.74 Å². The number of ether oxygens (including phenoxy) is 1. The smallest absolute Gasteiger partial charge is 0.410 e. The quantitative estimate of drug-likeness (QED) is 0.843. The third-order valence-electron chi connectivity index (χ3n) is 4.35. The molecule has 1 aromatic rings. The maximum atomic E-state index is 12.1. The van der Waals surface area contributed by atoms with Gasteiger partial charge in [-0.1, -0.05) is 0 Å². The van der Waals surface area contributed by atoms with Crippen LogP contribution in [0.3, 0.4) is 0 Å². The lowest BCUT2D eigenvalue weighted by atomic mass is 10.2. The lowest BCUT2D eigenvalue weighted by Gasteiger charge is -2.36. The Morgan fingerprint density at radius 1 is 1.11 bits per heavy atom. The summed E-state index contributed by atoms with van der Waals surface area (Å²) in [6.07, 6.45) is 1.61. The van der Waals surface area contributed by atoms with Crippen LogP contribution >= 0.6 is 0 Å². The first-order valence-corrected chi connectivity index (χ1v) is 9.03. The lowest BCUT2D eigenvalue weighted by Crippen LogP contribution is -2.50. The van der Waals surface area contributed by atoms with Gasteiger partial charge >= 0.3 is 12.1 Å². The Morgan fingerprint density at radius 2 is 1.81 bits per heavy atom. The number of carbonyl (C=O) groups is 3. The van der Waals surface area contributed by atoms with Crippen molar-refractivity contribution in [3.8, 4) is 0 Å². The van der Waals surface area contributed by atoms with E-state index in [9.17, 15) is 14.4 Å². The van der Waals surface area contributed by atoms with E-state index in [0.29, 0.717) is 38.4 Å². The number of pyridine rings is 1. The van der Waals surface area contributed by atoms with Crippen LogP contribution in [0.4, 0.5) is 21.1 Å². The molecule has 0 atom stereocenters. The number of amides is 4. The normalized spacial score (nSPS) is 18.4. The van der Waals surface area contributed by atoms with Crippen LogP contribution in [0.5, 0.6) is 0 Å². The van der Waals surface area contributed by atoms with E-state index in [1.165, 1.54) is 4.90 Å². The van der Waals surface area contributed by atoms with Crippen molar-refractivity contribution in [1.82, 2.24) is 15.2 Å². The molecular weight excluding hydrogens is 350 g/mol. The van der Waals surface area contributed by atoms with E-state index in [1.54, 1.807) is 11.1 Å². The SMILES string of the molecule is CC(C)(C)OC(=O)N1CCN(c2ccc(N3CCC(=O)NC3=O)cn2)CC1. The van der Waals surface area contributed by atoms with E-state index in [1.807, 2.05) is 32.9 Å².